The number of amides is 1. The molecule has 0 aliphatic carbocycles. The van der Waals surface area contributed by atoms with E-state index in [2.05, 4.69) is 12.1 Å². The zero-order chi connectivity index (χ0) is 15.4. The Labute approximate surface area is 129 Å². The molecule has 1 aromatic rings. The van der Waals surface area contributed by atoms with E-state index in [9.17, 15) is 9.59 Å². The van der Waals surface area contributed by atoms with Gasteiger partial charge in [-0.2, -0.15) is 0 Å². The molecule has 0 N–H and O–H groups in total. The SMILES string of the molecule is COC(=O)[C@H]1C[C@@H]2C(=O)N3Cc4ccccc4C=C3[C@H]1N2C. The van der Waals surface area contributed by atoms with E-state index in [1.54, 1.807) is 0 Å². The van der Waals surface area contributed by atoms with Crippen LogP contribution in [0.5, 0.6) is 0 Å². The van der Waals surface area contributed by atoms with Crippen molar-refractivity contribution < 1.29 is 14.3 Å². The Kier molecular flexibility index (Phi) is 2.87. The number of piperazine rings is 1. The summed E-state index contributed by atoms with van der Waals surface area (Å²) in [6.07, 6.45) is 2.59. The number of hydrogen-bond acceptors (Lipinski definition) is 4. The van der Waals surface area contributed by atoms with E-state index in [0.717, 1.165) is 16.8 Å². The van der Waals surface area contributed by atoms with Gasteiger partial charge in [0.25, 0.3) is 0 Å². The summed E-state index contributed by atoms with van der Waals surface area (Å²) >= 11 is 0. The molecule has 3 heterocycles. The molecule has 3 aliphatic heterocycles. The smallest absolute Gasteiger partial charge is 0.310 e. The minimum absolute atomic E-state index is 0.0801. The number of esters is 1. The minimum atomic E-state index is -0.273. The Balaban J connectivity index is 1.83. The van der Waals surface area contributed by atoms with E-state index in [4.69, 9.17) is 4.74 Å². The summed E-state index contributed by atoms with van der Waals surface area (Å²) in [5, 5.41) is 0. The molecule has 5 heteroatoms. The van der Waals surface area contributed by atoms with Crippen LogP contribution in [-0.2, 0) is 20.9 Å². The third-order valence-corrected chi connectivity index (χ3v) is 5.15. The maximum atomic E-state index is 12.8. The summed E-state index contributed by atoms with van der Waals surface area (Å²) in [5.74, 6) is -0.412. The molecule has 1 aromatic carbocycles. The third-order valence-electron chi connectivity index (χ3n) is 5.15. The Morgan fingerprint density at radius 3 is 2.86 bits per heavy atom. The van der Waals surface area contributed by atoms with Gasteiger partial charge < -0.3 is 9.64 Å². The topological polar surface area (TPSA) is 49.9 Å². The summed E-state index contributed by atoms with van der Waals surface area (Å²) in [7, 11) is 3.34. The normalized spacial score (nSPS) is 29.7. The molecular weight excluding hydrogens is 280 g/mol. The molecule has 2 fully saturated rings. The van der Waals surface area contributed by atoms with Crippen LogP contribution in [0.4, 0.5) is 0 Å². The van der Waals surface area contributed by atoms with E-state index >= 15 is 0 Å². The van der Waals surface area contributed by atoms with Gasteiger partial charge in [0.05, 0.1) is 31.7 Å². The van der Waals surface area contributed by atoms with Gasteiger partial charge in [0.15, 0.2) is 0 Å². The number of ether oxygens (including phenoxy) is 1. The number of carbonyl (C=O) groups is 2. The first-order valence-electron chi connectivity index (χ1n) is 7.52. The molecule has 3 atom stereocenters. The molecular formula is C17H18N2O3. The van der Waals surface area contributed by atoms with Gasteiger partial charge >= 0.3 is 5.97 Å². The molecule has 2 saturated heterocycles. The number of hydrogen-bond donors (Lipinski definition) is 0. The monoisotopic (exact) mass is 298 g/mol. The van der Waals surface area contributed by atoms with Crippen molar-refractivity contribution >= 4 is 18.0 Å². The van der Waals surface area contributed by atoms with Crippen LogP contribution >= 0.6 is 0 Å². The zero-order valence-electron chi connectivity index (χ0n) is 12.7. The van der Waals surface area contributed by atoms with Crippen LogP contribution in [0.1, 0.15) is 17.5 Å². The molecule has 2 bridgehead atoms. The molecule has 0 saturated carbocycles. The molecule has 4 rings (SSSR count). The maximum Gasteiger partial charge on any atom is 0.310 e. The second-order valence-corrected chi connectivity index (χ2v) is 6.18. The largest absolute Gasteiger partial charge is 0.469 e. The van der Waals surface area contributed by atoms with Gasteiger partial charge in [-0.05, 0) is 30.7 Å². The number of benzene rings is 1. The van der Waals surface area contributed by atoms with E-state index in [1.165, 1.54) is 7.11 Å². The van der Waals surface area contributed by atoms with E-state index in [0.29, 0.717) is 13.0 Å². The van der Waals surface area contributed by atoms with Crippen molar-refractivity contribution in [3.8, 4) is 0 Å². The average Bonchev–Trinajstić information content (AvgIpc) is 2.82. The van der Waals surface area contributed by atoms with Crippen LogP contribution in [-0.4, -0.2) is 47.9 Å². The van der Waals surface area contributed by atoms with Crippen molar-refractivity contribution in [3.05, 3.63) is 41.1 Å². The first-order valence-corrected chi connectivity index (χ1v) is 7.52. The van der Waals surface area contributed by atoms with Crippen molar-refractivity contribution in [1.29, 1.82) is 0 Å². The molecule has 114 valence electrons. The number of nitrogens with zero attached hydrogens (tertiary/aromatic N) is 2. The lowest BCUT2D eigenvalue weighted by Crippen LogP contribution is -2.55. The second-order valence-electron chi connectivity index (χ2n) is 6.18. The van der Waals surface area contributed by atoms with Gasteiger partial charge in [-0.15, -0.1) is 0 Å². The number of carbonyl (C=O) groups excluding carboxylic acids is 2. The minimum Gasteiger partial charge on any atom is -0.469 e. The lowest BCUT2D eigenvalue weighted by atomic mass is 9.92. The third kappa shape index (κ3) is 1.69. The molecule has 0 unspecified atom stereocenters. The summed E-state index contributed by atoms with van der Waals surface area (Å²) in [4.78, 5) is 28.8. The Hall–Kier alpha value is -2.14. The van der Waals surface area contributed by atoms with Gasteiger partial charge in [-0.25, -0.2) is 0 Å². The fourth-order valence-electron chi connectivity index (χ4n) is 4.03. The Morgan fingerprint density at radius 1 is 1.32 bits per heavy atom. The Morgan fingerprint density at radius 2 is 2.09 bits per heavy atom. The number of fused-ring (bicyclic) bond motifs is 5. The van der Waals surface area contributed by atoms with Gasteiger partial charge in [-0.1, -0.05) is 24.3 Å². The fraction of sp³-hybridized carbons (Fsp3) is 0.412. The van der Waals surface area contributed by atoms with Crippen molar-refractivity contribution in [2.45, 2.75) is 25.0 Å². The van der Waals surface area contributed by atoms with Crippen LogP contribution in [0.2, 0.25) is 0 Å². The highest BCUT2D eigenvalue weighted by Crippen LogP contribution is 2.43. The van der Waals surface area contributed by atoms with E-state index < -0.39 is 0 Å². The molecule has 1 amide bonds. The number of methoxy groups -OCH3 is 1. The van der Waals surface area contributed by atoms with Gasteiger partial charge in [0.2, 0.25) is 5.91 Å². The molecule has 22 heavy (non-hydrogen) atoms. The van der Waals surface area contributed by atoms with Crippen molar-refractivity contribution in [1.82, 2.24) is 9.80 Å². The average molecular weight is 298 g/mol. The maximum absolute atomic E-state index is 12.8. The Bertz CT molecular complexity index is 697. The quantitative estimate of drug-likeness (QED) is 0.732. The lowest BCUT2D eigenvalue weighted by Gasteiger charge is -2.43. The summed E-state index contributed by atoms with van der Waals surface area (Å²) in [5.41, 5.74) is 3.21. The summed E-state index contributed by atoms with van der Waals surface area (Å²) in [6.45, 7) is 0.593. The fourth-order valence-corrected chi connectivity index (χ4v) is 4.03. The van der Waals surface area contributed by atoms with E-state index in [-0.39, 0.29) is 29.9 Å². The van der Waals surface area contributed by atoms with Gasteiger partial charge in [0.1, 0.15) is 0 Å². The molecule has 0 radical (unpaired) electrons. The molecule has 3 aliphatic rings. The standard InChI is InChI=1S/C17H18N2O3/c1-18-14-8-12(17(21)22-2)15(18)13-7-10-5-3-4-6-11(10)9-19(13)16(14)20/h3-7,12,14-15H,8-9H2,1-2H3/t12-,14+,15-/m0/s1. The zero-order valence-corrected chi connectivity index (χ0v) is 12.7. The second kappa shape index (κ2) is 4.68. The summed E-state index contributed by atoms with van der Waals surface area (Å²) in [6, 6.07) is 7.78. The molecule has 0 aromatic heterocycles. The van der Waals surface area contributed by atoms with Crippen LogP contribution in [0, 0.1) is 5.92 Å². The molecule has 5 nitrogen and oxygen atoms in total. The highest BCUT2D eigenvalue weighted by Gasteiger charge is 2.55. The predicted octanol–water partition coefficient (Wildman–Crippen LogP) is 1.25. The molecule has 0 spiro atoms. The van der Waals surface area contributed by atoms with Gasteiger partial charge in [0, 0.05) is 5.70 Å². The highest BCUT2D eigenvalue weighted by atomic mass is 16.5. The van der Waals surface area contributed by atoms with Crippen molar-refractivity contribution in [2.75, 3.05) is 14.2 Å². The van der Waals surface area contributed by atoms with Crippen LogP contribution in [0.3, 0.4) is 0 Å². The number of rotatable bonds is 1. The highest BCUT2D eigenvalue weighted by molar-refractivity contribution is 5.90. The summed E-state index contributed by atoms with van der Waals surface area (Å²) < 4.78 is 4.95. The van der Waals surface area contributed by atoms with E-state index in [1.807, 2.05) is 35.0 Å². The number of likely N-dealkylation sites (N-methyl/N-ethyl adjacent to an activating group) is 1. The van der Waals surface area contributed by atoms with Crippen LogP contribution in [0.15, 0.2) is 30.0 Å². The predicted molar refractivity (Wildman–Crippen MR) is 80.4 cm³/mol. The van der Waals surface area contributed by atoms with Gasteiger partial charge in [-0.3, -0.25) is 14.5 Å². The lowest BCUT2D eigenvalue weighted by molar-refractivity contribution is -0.146. The van der Waals surface area contributed by atoms with Crippen molar-refractivity contribution in [3.63, 3.8) is 0 Å². The van der Waals surface area contributed by atoms with Crippen LogP contribution < -0.4 is 0 Å². The van der Waals surface area contributed by atoms with Crippen LogP contribution in [0.25, 0.3) is 6.08 Å². The first-order chi connectivity index (χ1) is 10.6. The first kappa shape index (κ1) is 13.5. The van der Waals surface area contributed by atoms with Crippen molar-refractivity contribution in [2.24, 2.45) is 5.92 Å².